The summed E-state index contributed by atoms with van der Waals surface area (Å²) in [5.74, 6) is 0.605. The molecule has 0 aliphatic carbocycles. The van der Waals surface area contributed by atoms with Crippen LogP contribution in [0.2, 0.25) is 0 Å². The Bertz CT molecular complexity index is 439. The van der Waals surface area contributed by atoms with Crippen LogP contribution in [-0.4, -0.2) is 19.7 Å². The maximum absolute atomic E-state index is 4.44. The molecule has 2 aromatic rings. The fourth-order valence-corrected chi connectivity index (χ4v) is 1.24. The maximum atomic E-state index is 4.44. The molecule has 0 unspecified atom stereocenters. The molecule has 0 saturated carbocycles. The zero-order chi connectivity index (χ0) is 10.9. The van der Waals surface area contributed by atoms with E-state index < -0.39 is 0 Å². The summed E-state index contributed by atoms with van der Waals surface area (Å²) in [6.45, 7) is 6.39. The molecule has 0 atom stereocenters. The molecule has 0 radical (unpaired) electrons. The Labute approximate surface area is 89.0 Å². The highest BCUT2D eigenvalue weighted by Crippen LogP contribution is 2.19. The predicted octanol–water partition coefficient (Wildman–Crippen LogP) is 1.96. The van der Waals surface area contributed by atoms with Gasteiger partial charge in [0.2, 0.25) is 5.95 Å². The lowest BCUT2D eigenvalue weighted by Crippen LogP contribution is -2.13. The highest BCUT2D eigenvalue weighted by molar-refractivity contribution is 5.16. The smallest absolute Gasteiger partial charge is 0.220 e. The normalized spacial score (nSPS) is 11.7. The van der Waals surface area contributed by atoms with Gasteiger partial charge in [-0.2, -0.15) is 5.10 Å². The fourth-order valence-electron chi connectivity index (χ4n) is 1.24. The first kappa shape index (κ1) is 9.83. The number of nitrogens with zero attached hydrogens (tertiary/aromatic N) is 4. The van der Waals surface area contributed by atoms with E-state index >= 15 is 0 Å². The van der Waals surface area contributed by atoms with E-state index in [1.165, 1.54) is 0 Å². The average Bonchev–Trinajstić information content (AvgIpc) is 2.67. The first-order chi connectivity index (χ1) is 7.07. The molecule has 0 aliphatic heterocycles. The maximum Gasteiger partial charge on any atom is 0.250 e. The van der Waals surface area contributed by atoms with Crippen molar-refractivity contribution >= 4 is 0 Å². The minimum atomic E-state index is 0.0556. The summed E-state index contributed by atoms with van der Waals surface area (Å²) in [5.41, 5.74) is 1.09. The van der Waals surface area contributed by atoms with Gasteiger partial charge in [0.15, 0.2) is 0 Å². The van der Waals surface area contributed by atoms with Crippen LogP contribution < -0.4 is 0 Å². The molecule has 78 valence electrons. The van der Waals surface area contributed by atoms with E-state index in [-0.39, 0.29) is 5.41 Å². The summed E-state index contributed by atoms with van der Waals surface area (Å²) in [6, 6.07) is 3.79. The predicted molar refractivity (Wildman–Crippen MR) is 57.9 cm³/mol. The monoisotopic (exact) mass is 202 g/mol. The van der Waals surface area contributed by atoms with E-state index in [9.17, 15) is 0 Å². The second-order valence-electron chi connectivity index (χ2n) is 4.44. The van der Waals surface area contributed by atoms with E-state index in [2.05, 4.69) is 35.8 Å². The van der Waals surface area contributed by atoms with Crippen LogP contribution in [0.5, 0.6) is 0 Å². The van der Waals surface area contributed by atoms with Crippen molar-refractivity contribution in [2.45, 2.75) is 26.2 Å². The Balaban J connectivity index is 2.37. The van der Waals surface area contributed by atoms with Gasteiger partial charge in [-0.3, -0.25) is 0 Å². The second-order valence-corrected chi connectivity index (χ2v) is 4.44. The molecule has 0 fully saturated rings. The number of hydrogen-bond acceptors (Lipinski definition) is 3. The lowest BCUT2D eigenvalue weighted by atomic mass is 9.93. The van der Waals surface area contributed by atoms with Gasteiger partial charge in [-0.1, -0.05) is 20.8 Å². The van der Waals surface area contributed by atoms with E-state index in [1.807, 2.05) is 12.3 Å². The van der Waals surface area contributed by atoms with Crippen molar-refractivity contribution in [3.63, 3.8) is 0 Å². The van der Waals surface area contributed by atoms with Crippen molar-refractivity contribution in [3.05, 3.63) is 36.4 Å². The van der Waals surface area contributed by atoms with Crippen LogP contribution in [0.25, 0.3) is 5.95 Å². The third-order valence-corrected chi connectivity index (χ3v) is 2.11. The van der Waals surface area contributed by atoms with Gasteiger partial charge in [0.1, 0.15) is 0 Å². The molecule has 4 nitrogen and oxygen atoms in total. The summed E-state index contributed by atoms with van der Waals surface area (Å²) < 4.78 is 1.70. The van der Waals surface area contributed by atoms with Gasteiger partial charge in [-0.25, -0.2) is 14.6 Å². The number of aromatic nitrogens is 4. The highest BCUT2D eigenvalue weighted by Gasteiger charge is 2.17. The highest BCUT2D eigenvalue weighted by atomic mass is 15.3. The van der Waals surface area contributed by atoms with Crippen molar-refractivity contribution in [2.75, 3.05) is 0 Å². The minimum absolute atomic E-state index is 0.0556. The van der Waals surface area contributed by atoms with Gasteiger partial charge in [-0.05, 0) is 12.1 Å². The van der Waals surface area contributed by atoms with Crippen molar-refractivity contribution in [3.8, 4) is 5.95 Å². The Morgan fingerprint density at radius 2 is 1.80 bits per heavy atom. The van der Waals surface area contributed by atoms with Gasteiger partial charge in [0.05, 0.1) is 5.69 Å². The molecular formula is C11H14N4. The van der Waals surface area contributed by atoms with Crippen molar-refractivity contribution in [1.29, 1.82) is 0 Å². The summed E-state index contributed by atoms with van der Waals surface area (Å²) in [5, 5.41) is 4.44. The minimum Gasteiger partial charge on any atom is -0.220 e. The molecule has 2 aromatic heterocycles. The zero-order valence-corrected chi connectivity index (χ0v) is 9.18. The van der Waals surface area contributed by atoms with Crippen LogP contribution in [0, 0.1) is 0 Å². The van der Waals surface area contributed by atoms with E-state index in [4.69, 9.17) is 0 Å². The van der Waals surface area contributed by atoms with E-state index in [0.717, 1.165) is 5.69 Å². The molecule has 0 spiro atoms. The van der Waals surface area contributed by atoms with Crippen LogP contribution in [0.15, 0.2) is 30.7 Å². The number of rotatable bonds is 1. The first-order valence-electron chi connectivity index (χ1n) is 4.91. The first-order valence-corrected chi connectivity index (χ1v) is 4.91. The molecule has 15 heavy (non-hydrogen) atoms. The van der Waals surface area contributed by atoms with Gasteiger partial charge in [0.25, 0.3) is 0 Å². The van der Waals surface area contributed by atoms with Gasteiger partial charge >= 0.3 is 0 Å². The quantitative estimate of drug-likeness (QED) is 0.710. The van der Waals surface area contributed by atoms with Gasteiger partial charge < -0.3 is 0 Å². The summed E-state index contributed by atoms with van der Waals surface area (Å²) in [7, 11) is 0. The van der Waals surface area contributed by atoms with Gasteiger partial charge in [0, 0.05) is 24.0 Å². The van der Waals surface area contributed by atoms with Crippen molar-refractivity contribution in [2.24, 2.45) is 0 Å². The Morgan fingerprint density at radius 1 is 1.13 bits per heavy atom. The van der Waals surface area contributed by atoms with Gasteiger partial charge in [-0.15, -0.1) is 0 Å². The zero-order valence-electron chi connectivity index (χ0n) is 9.18. The summed E-state index contributed by atoms with van der Waals surface area (Å²) >= 11 is 0. The van der Waals surface area contributed by atoms with Crippen LogP contribution in [0.4, 0.5) is 0 Å². The van der Waals surface area contributed by atoms with Crippen LogP contribution in [0.3, 0.4) is 0 Å². The van der Waals surface area contributed by atoms with Crippen LogP contribution in [-0.2, 0) is 5.41 Å². The summed E-state index contributed by atoms with van der Waals surface area (Å²) in [4.78, 5) is 8.27. The van der Waals surface area contributed by atoms with E-state index in [1.54, 1.807) is 23.1 Å². The van der Waals surface area contributed by atoms with Crippen LogP contribution >= 0.6 is 0 Å². The van der Waals surface area contributed by atoms with Crippen molar-refractivity contribution < 1.29 is 0 Å². The largest absolute Gasteiger partial charge is 0.250 e. The average molecular weight is 202 g/mol. The third-order valence-electron chi connectivity index (χ3n) is 2.11. The molecule has 2 rings (SSSR count). The molecule has 0 aromatic carbocycles. The number of hydrogen-bond donors (Lipinski definition) is 0. The Morgan fingerprint density at radius 3 is 2.33 bits per heavy atom. The molecule has 2 heterocycles. The molecule has 0 aliphatic rings. The topological polar surface area (TPSA) is 43.6 Å². The molecule has 0 amide bonds. The molecule has 0 N–H and O–H groups in total. The SMILES string of the molecule is CC(C)(C)c1ccn(-c2ncccn2)n1. The molecule has 0 saturated heterocycles. The molecule has 4 heteroatoms. The lowest BCUT2D eigenvalue weighted by Gasteiger charge is -2.14. The second kappa shape index (κ2) is 3.46. The van der Waals surface area contributed by atoms with E-state index in [0.29, 0.717) is 5.95 Å². The molecular weight excluding hydrogens is 188 g/mol. The Hall–Kier alpha value is -1.71. The standard InChI is InChI=1S/C11H14N4/c1-11(2,3)9-5-8-15(14-9)10-12-6-4-7-13-10/h4-8H,1-3H3. The lowest BCUT2D eigenvalue weighted by molar-refractivity contribution is 0.558. The van der Waals surface area contributed by atoms with Crippen LogP contribution in [0.1, 0.15) is 26.5 Å². The Kier molecular flexibility index (Phi) is 2.26. The fraction of sp³-hybridized carbons (Fsp3) is 0.364. The third kappa shape index (κ3) is 2.03. The van der Waals surface area contributed by atoms with Crippen molar-refractivity contribution in [1.82, 2.24) is 19.7 Å². The molecule has 0 bridgehead atoms. The summed E-state index contributed by atoms with van der Waals surface area (Å²) in [6.07, 6.45) is 5.30.